The molecule has 0 saturated heterocycles. The van der Waals surface area contributed by atoms with Crippen LogP contribution in [0, 0.1) is 12.7 Å². The average molecular weight is 467 g/mol. The number of halogens is 1. The van der Waals surface area contributed by atoms with Crippen LogP contribution >= 0.6 is 0 Å². The van der Waals surface area contributed by atoms with E-state index in [4.69, 9.17) is 0 Å². The fourth-order valence-corrected chi connectivity index (χ4v) is 5.52. The van der Waals surface area contributed by atoms with Gasteiger partial charge >= 0.3 is 5.97 Å². The summed E-state index contributed by atoms with van der Waals surface area (Å²) in [6, 6.07) is 11.0. The van der Waals surface area contributed by atoms with Crippen molar-refractivity contribution in [2.75, 3.05) is 16.8 Å². The zero-order chi connectivity index (χ0) is 24.3. The lowest BCUT2D eigenvalue weighted by Crippen LogP contribution is -2.42. The van der Waals surface area contributed by atoms with Gasteiger partial charge in [0.05, 0.1) is 23.2 Å². The van der Waals surface area contributed by atoms with Crippen LogP contribution in [-0.4, -0.2) is 29.6 Å². The van der Waals surface area contributed by atoms with Crippen LogP contribution in [-0.2, 0) is 21.4 Å². The molecule has 2 aliphatic rings. The van der Waals surface area contributed by atoms with Crippen LogP contribution in [0.3, 0.4) is 0 Å². The van der Waals surface area contributed by atoms with E-state index in [1.165, 1.54) is 25.3 Å². The molecule has 6 heteroatoms. The van der Waals surface area contributed by atoms with Crippen LogP contribution in [0.2, 0.25) is 0 Å². The van der Waals surface area contributed by atoms with Gasteiger partial charge in [-0.05, 0) is 74.4 Å². The quantitative estimate of drug-likeness (QED) is 0.502. The second kappa shape index (κ2) is 10.2. The van der Waals surface area contributed by atoms with Crippen molar-refractivity contribution in [2.45, 2.75) is 83.1 Å². The standard InChI is InChI=1S/C28H35FN2O3/c1-3-31(22-8-5-4-6-9-22)25-13-12-21(28(27(33)34)14-7-15-28)18-24(25)30-26(32)17-20-11-10-19(2)16-23(20)29/h10-13,16,18,22H,3-9,14-15,17H2,1-2H3,(H,30,32)(H,33,34). The molecule has 182 valence electrons. The van der Waals surface area contributed by atoms with Crippen LogP contribution in [0.15, 0.2) is 36.4 Å². The Labute approximate surface area is 201 Å². The maximum absolute atomic E-state index is 14.4. The van der Waals surface area contributed by atoms with Crippen molar-refractivity contribution in [1.82, 2.24) is 0 Å². The first-order chi connectivity index (χ1) is 16.3. The lowest BCUT2D eigenvalue weighted by atomic mass is 9.64. The highest BCUT2D eigenvalue weighted by atomic mass is 19.1. The Hall–Kier alpha value is -2.89. The predicted octanol–water partition coefficient (Wildman–Crippen LogP) is 5.98. The average Bonchev–Trinajstić information content (AvgIpc) is 2.77. The first-order valence-corrected chi connectivity index (χ1v) is 12.5. The molecular weight excluding hydrogens is 431 g/mol. The number of amides is 1. The predicted molar refractivity (Wildman–Crippen MR) is 133 cm³/mol. The van der Waals surface area contributed by atoms with Crippen LogP contribution in [0.5, 0.6) is 0 Å². The molecule has 0 atom stereocenters. The van der Waals surface area contributed by atoms with Gasteiger partial charge in [-0.15, -0.1) is 0 Å². The van der Waals surface area contributed by atoms with E-state index in [0.717, 1.165) is 42.6 Å². The molecule has 0 aromatic heterocycles. The van der Waals surface area contributed by atoms with Gasteiger partial charge < -0.3 is 15.3 Å². The highest BCUT2D eigenvalue weighted by molar-refractivity contribution is 5.96. The maximum Gasteiger partial charge on any atom is 0.314 e. The molecule has 0 bridgehead atoms. The van der Waals surface area contributed by atoms with E-state index in [1.54, 1.807) is 12.1 Å². The molecule has 4 rings (SSSR count). The van der Waals surface area contributed by atoms with Gasteiger partial charge in [-0.2, -0.15) is 0 Å². The molecule has 2 fully saturated rings. The molecule has 0 radical (unpaired) electrons. The third-order valence-corrected chi connectivity index (χ3v) is 7.66. The SMILES string of the molecule is CCN(c1ccc(C2(C(=O)O)CCC2)cc1NC(=O)Cc1ccc(C)cc1F)C1CCCCC1. The van der Waals surface area contributed by atoms with Gasteiger partial charge in [0.2, 0.25) is 5.91 Å². The Morgan fingerprint density at radius 1 is 1.09 bits per heavy atom. The maximum atomic E-state index is 14.4. The monoisotopic (exact) mass is 466 g/mol. The minimum absolute atomic E-state index is 0.0740. The lowest BCUT2D eigenvalue weighted by Gasteiger charge is -2.40. The summed E-state index contributed by atoms with van der Waals surface area (Å²) in [6.07, 6.45) is 7.85. The minimum atomic E-state index is -0.886. The summed E-state index contributed by atoms with van der Waals surface area (Å²) in [7, 11) is 0. The summed E-state index contributed by atoms with van der Waals surface area (Å²) in [6.45, 7) is 4.72. The molecule has 0 unspecified atom stereocenters. The zero-order valence-corrected chi connectivity index (χ0v) is 20.2. The summed E-state index contributed by atoms with van der Waals surface area (Å²) in [5.74, 6) is -1.51. The summed E-state index contributed by atoms with van der Waals surface area (Å²) in [4.78, 5) is 27.5. The van der Waals surface area contributed by atoms with Gasteiger partial charge in [-0.25, -0.2) is 4.39 Å². The minimum Gasteiger partial charge on any atom is -0.481 e. The van der Waals surface area contributed by atoms with Gasteiger partial charge in [0.25, 0.3) is 0 Å². The van der Waals surface area contributed by atoms with Crippen molar-refractivity contribution in [2.24, 2.45) is 0 Å². The number of anilines is 2. The van der Waals surface area contributed by atoms with Gasteiger partial charge in [0.15, 0.2) is 0 Å². The number of hydrogen-bond donors (Lipinski definition) is 2. The molecule has 34 heavy (non-hydrogen) atoms. The lowest BCUT2D eigenvalue weighted by molar-refractivity contribution is -0.147. The first kappa shape index (κ1) is 24.2. The number of carbonyl (C=O) groups is 2. The molecule has 0 aliphatic heterocycles. The van der Waals surface area contributed by atoms with E-state index >= 15 is 0 Å². The van der Waals surface area contributed by atoms with Gasteiger partial charge in [0, 0.05) is 12.6 Å². The Bertz CT molecular complexity index is 1060. The topological polar surface area (TPSA) is 69.6 Å². The van der Waals surface area contributed by atoms with Gasteiger partial charge in [-0.1, -0.05) is 43.9 Å². The molecule has 2 aromatic carbocycles. The van der Waals surface area contributed by atoms with E-state index in [0.29, 0.717) is 30.1 Å². The van der Waals surface area contributed by atoms with E-state index in [-0.39, 0.29) is 18.1 Å². The van der Waals surface area contributed by atoms with Crippen LogP contribution in [0.4, 0.5) is 15.8 Å². The normalized spacial score (nSPS) is 17.6. The third kappa shape index (κ3) is 4.82. The number of carbonyl (C=O) groups excluding carboxylic acids is 1. The van der Waals surface area contributed by atoms with Crippen molar-refractivity contribution < 1.29 is 19.1 Å². The highest BCUT2D eigenvalue weighted by Gasteiger charge is 2.46. The number of hydrogen-bond acceptors (Lipinski definition) is 3. The van der Waals surface area contributed by atoms with Gasteiger partial charge in [0.1, 0.15) is 5.82 Å². The molecule has 2 aliphatic carbocycles. The fourth-order valence-electron chi connectivity index (χ4n) is 5.52. The second-order valence-corrected chi connectivity index (χ2v) is 9.87. The summed E-state index contributed by atoms with van der Waals surface area (Å²) in [5, 5.41) is 13.0. The highest BCUT2D eigenvalue weighted by Crippen LogP contribution is 2.46. The Morgan fingerprint density at radius 3 is 2.41 bits per heavy atom. The van der Waals surface area contributed by atoms with Gasteiger partial charge in [-0.3, -0.25) is 9.59 Å². The number of rotatable bonds is 8. The van der Waals surface area contributed by atoms with E-state index in [2.05, 4.69) is 17.1 Å². The number of carboxylic acids is 1. The molecule has 2 saturated carbocycles. The Morgan fingerprint density at radius 2 is 1.82 bits per heavy atom. The molecule has 2 N–H and O–H groups in total. The van der Waals surface area contributed by atoms with Crippen LogP contribution < -0.4 is 10.2 Å². The van der Waals surface area contributed by atoms with Crippen LogP contribution in [0.1, 0.15) is 75.0 Å². The van der Waals surface area contributed by atoms with Crippen molar-refractivity contribution in [3.63, 3.8) is 0 Å². The second-order valence-electron chi connectivity index (χ2n) is 9.87. The molecule has 5 nitrogen and oxygen atoms in total. The number of carboxylic acid groups (broad SMARTS) is 1. The molecule has 1 amide bonds. The summed E-state index contributed by atoms with van der Waals surface area (Å²) < 4.78 is 14.4. The van der Waals surface area contributed by atoms with Crippen molar-refractivity contribution in [1.29, 1.82) is 0 Å². The molecular formula is C28H35FN2O3. The van der Waals surface area contributed by atoms with E-state index in [1.807, 2.05) is 25.1 Å². The number of nitrogens with zero attached hydrogens (tertiary/aromatic N) is 1. The number of nitrogens with one attached hydrogen (secondary N) is 1. The fraction of sp³-hybridized carbons (Fsp3) is 0.500. The number of benzene rings is 2. The van der Waals surface area contributed by atoms with Crippen molar-refractivity contribution >= 4 is 23.3 Å². The first-order valence-electron chi connectivity index (χ1n) is 12.5. The third-order valence-electron chi connectivity index (χ3n) is 7.66. The van der Waals surface area contributed by atoms with Crippen molar-refractivity contribution in [3.8, 4) is 0 Å². The largest absolute Gasteiger partial charge is 0.481 e. The Kier molecular flexibility index (Phi) is 7.24. The number of aryl methyl sites for hydroxylation is 1. The molecule has 2 aromatic rings. The van der Waals surface area contributed by atoms with E-state index in [9.17, 15) is 19.1 Å². The number of aliphatic carboxylic acids is 1. The van der Waals surface area contributed by atoms with Crippen molar-refractivity contribution in [3.05, 3.63) is 58.9 Å². The summed E-state index contributed by atoms with van der Waals surface area (Å²) >= 11 is 0. The van der Waals surface area contributed by atoms with E-state index < -0.39 is 11.4 Å². The molecule has 0 spiro atoms. The molecule has 0 heterocycles. The summed E-state index contributed by atoms with van der Waals surface area (Å²) in [5.41, 5.74) is 2.53. The smallest absolute Gasteiger partial charge is 0.314 e. The van der Waals surface area contributed by atoms with Crippen LogP contribution in [0.25, 0.3) is 0 Å². The zero-order valence-electron chi connectivity index (χ0n) is 20.2. The Balaban J connectivity index is 1.67.